The molecule has 0 aromatic heterocycles. The van der Waals surface area contributed by atoms with E-state index >= 15 is 0 Å². The molecule has 0 radical (unpaired) electrons. The van der Waals surface area contributed by atoms with Gasteiger partial charge in [0.25, 0.3) is 0 Å². The Bertz CT molecular complexity index is 946. The van der Waals surface area contributed by atoms with E-state index in [4.69, 9.17) is 4.74 Å². The highest BCUT2D eigenvalue weighted by Gasteiger charge is 2.31. The van der Waals surface area contributed by atoms with Crippen molar-refractivity contribution in [1.82, 2.24) is 9.80 Å². The number of anilines is 1. The molecule has 0 N–H and O–H groups in total. The lowest BCUT2D eigenvalue weighted by Crippen LogP contribution is -2.49. The Morgan fingerprint density at radius 1 is 1.00 bits per heavy atom. The van der Waals surface area contributed by atoms with Crippen molar-refractivity contribution in [2.75, 3.05) is 38.2 Å². The predicted molar refractivity (Wildman–Crippen MR) is 117 cm³/mol. The van der Waals surface area contributed by atoms with Crippen LogP contribution < -0.4 is 9.64 Å². The molecule has 1 fully saturated rings. The zero-order valence-electron chi connectivity index (χ0n) is 17.5. The fraction of sp³-hybridized carbons (Fsp3) is 0.333. The van der Waals surface area contributed by atoms with Crippen LogP contribution in [0.25, 0.3) is 6.08 Å². The highest BCUT2D eigenvalue weighted by Crippen LogP contribution is 2.33. The maximum atomic E-state index is 13.1. The van der Waals surface area contributed by atoms with Gasteiger partial charge in [-0.1, -0.05) is 24.3 Å². The number of hydrogen-bond acceptors (Lipinski definition) is 4. The summed E-state index contributed by atoms with van der Waals surface area (Å²) in [4.78, 5) is 31.1. The van der Waals surface area contributed by atoms with Crippen LogP contribution in [0.2, 0.25) is 0 Å². The summed E-state index contributed by atoms with van der Waals surface area (Å²) in [6.45, 7) is 4.47. The van der Waals surface area contributed by atoms with Crippen LogP contribution in [-0.2, 0) is 9.59 Å². The first-order valence-electron chi connectivity index (χ1n) is 10.3. The lowest BCUT2D eigenvalue weighted by atomic mass is 9.93. The van der Waals surface area contributed by atoms with Gasteiger partial charge in [0.05, 0.1) is 19.6 Å². The summed E-state index contributed by atoms with van der Waals surface area (Å²) < 4.78 is 5.22. The average molecular weight is 405 g/mol. The molecule has 2 heterocycles. The Balaban J connectivity index is 1.41. The minimum Gasteiger partial charge on any atom is -0.497 e. The molecule has 6 heteroatoms. The second kappa shape index (κ2) is 8.61. The molecule has 0 bridgehead atoms. The van der Waals surface area contributed by atoms with E-state index in [9.17, 15) is 9.59 Å². The average Bonchev–Trinajstić information content (AvgIpc) is 2.79. The quantitative estimate of drug-likeness (QED) is 0.783. The smallest absolute Gasteiger partial charge is 0.225 e. The van der Waals surface area contributed by atoms with Gasteiger partial charge in [0, 0.05) is 45.0 Å². The first kappa shape index (κ1) is 20.0. The summed E-state index contributed by atoms with van der Waals surface area (Å²) in [6, 6.07) is 15.7. The van der Waals surface area contributed by atoms with Crippen LogP contribution in [0.4, 0.5) is 5.69 Å². The van der Waals surface area contributed by atoms with Gasteiger partial charge >= 0.3 is 0 Å². The molecular weight excluding hydrogens is 378 g/mol. The lowest BCUT2D eigenvalue weighted by Gasteiger charge is -2.38. The summed E-state index contributed by atoms with van der Waals surface area (Å²) in [6.07, 6.45) is 4.03. The Hall–Kier alpha value is -3.28. The largest absolute Gasteiger partial charge is 0.497 e. The van der Waals surface area contributed by atoms with Crippen molar-refractivity contribution < 1.29 is 14.3 Å². The van der Waals surface area contributed by atoms with Crippen LogP contribution in [0.15, 0.2) is 54.7 Å². The summed E-state index contributed by atoms with van der Waals surface area (Å²) in [5.74, 6) is 0.873. The summed E-state index contributed by atoms with van der Waals surface area (Å²) in [5, 5.41) is 0. The molecule has 0 saturated carbocycles. The van der Waals surface area contributed by atoms with Gasteiger partial charge in [0.15, 0.2) is 0 Å². The Kier molecular flexibility index (Phi) is 5.74. The zero-order valence-corrected chi connectivity index (χ0v) is 17.5. The number of methoxy groups -OCH3 is 1. The first-order chi connectivity index (χ1) is 14.6. The summed E-state index contributed by atoms with van der Waals surface area (Å²) >= 11 is 0. The maximum Gasteiger partial charge on any atom is 0.225 e. The third kappa shape index (κ3) is 4.03. The highest BCUT2D eigenvalue weighted by atomic mass is 16.5. The second-order valence-electron chi connectivity index (χ2n) is 7.66. The Morgan fingerprint density at radius 3 is 2.37 bits per heavy atom. The monoisotopic (exact) mass is 405 g/mol. The van der Waals surface area contributed by atoms with E-state index in [1.54, 1.807) is 25.1 Å². The normalized spacial score (nSPS) is 18.2. The molecular formula is C24H27N3O3. The van der Waals surface area contributed by atoms with Gasteiger partial charge in [0.2, 0.25) is 11.8 Å². The van der Waals surface area contributed by atoms with Crippen molar-refractivity contribution in [1.29, 1.82) is 0 Å². The summed E-state index contributed by atoms with van der Waals surface area (Å²) in [5.41, 5.74) is 3.23. The number of benzene rings is 2. The molecule has 1 saturated heterocycles. The lowest BCUT2D eigenvalue weighted by molar-refractivity contribution is -0.134. The molecule has 2 amide bonds. The molecule has 30 heavy (non-hydrogen) atoms. The van der Waals surface area contributed by atoms with E-state index in [-0.39, 0.29) is 17.9 Å². The molecule has 2 aliphatic heterocycles. The molecule has 2 aromatic rings. The van der Waals surface area contributed by atoms with E-state index in [0.29, 0.717) is 19.5 Å². The van der Waals surface area contributed by atoms with Crippen molar-refractivity contribution in [3.63, 3.8) is 0 Å². The maximum absolute atomic E-state index is 13.1. The highest BCUT2D eigenvalue weighted by molar-refractivity contribution is 5.82. The summed E-state index contributed by atoms with van der Waals surface area (Å²) in [7, 11) is 1.66. The number of hydrogen-bond donors (Lipinski definition) is 0. The molecule has 0 unspecified atom stereocenters. The van der Waals surface area contributed by atoms with Gasteiger partial charge in [0.1, 0.15) is 5.75 Å². The van der Waals surface area contributed by atoms with Gasteiger partial charge in [-0.2, -0.15) is 0 Å². The van der Waals surface area contributed by atoms with Crippen LogP contribution in [0.1, 0.15) is 30.5 Å². The predicted octanol–water partition coefficient (Wildman–Crippen LogP) is 3.31. The standard InChI is InChI=1S/C24H27N3O3/c1-18(28)27-12-11-19-5-3-4-6-22(19)23(27)17-24(29)26-15-13-25(14-16-26)20-7-9-21(30-2)10-8-20/h3-12,23H,13-17H2,1-2H3/t23-/m0/s1. The fourth-order valence-electron chi connectivity index (χ4n) is 4.21. The van der Waals surface area contributed by atoms with Crippen LogP contribution in [0.5, 0.6) is 5.75 Å². The third-order valence-electron chi connectivity index (χ3n) is 5.91. The zero-order chi connectivity index (χ0) is 21.1. The number of amides is 2. The third-order valence-corrected chi connectivity index (χ3v) is 5.91. The van der Waals surface area contributed by atoms with Crippen molar-refractivity contribution in [3.05, 3.63) is 65.9 Å². The molecule has 2 aromatic carbocycles. The van der Waals surface area contributed by atoms with Crippen molar-refractivity contribution in [2.45, 2.75) is 19.4 Å². The topological polar surface area (TPSA) is 53.1 Å². The number of carbonyl (C=O) groups is 2. The number of nitrogens with zero attached hydrogens (tertiary/aromatic N) is 3. The van der Waals surface area contributed by atoms with Gasteiger partial charge in [-0.25, -0.2) is 0 Å². The van der Waals surface area contributed by atoms with Crippen molar-refractivity contribution >= 4 is 23.6 Å². The van der Waals surface area contributed by atoms with E-state index in [2.05, 4.69) is 4.90 Å². The van der Waals surface area contributed by atoms with Gasteiger partial charge in [-0.05, 0) is 41.5 Å². The van der Waals surface area contributed by atoms with E-state index < -0.39 is 0 Å². The van der Waals surface area contributed by atoms with Gasteiger partial charge in [-0.15, -0.1) is 0 Å². The van der Waals surface area contributed by atoms with Gasteiger partial charge < -0.3 is 19.4 Å². The molecule has 1 atom stereocenters. The number of ether oxygens (including phenoxy) is 1. The van der Waals surface area contributed by atoms with E-state index in [1.807, 2.05) is 59.5 Å². The molecule has 156 valence electrons. The molecule has 6 nitrogen and oxygen atoms in total. The van der Waals surface area contributed by atoms with Crippen LogP contribution in [0.3, 0.4) is 0 Å². The first-order valence-corrected chi connectivity index (χ1v) is 10.3. The SMILES string of the molecule is COc1ccc(N2CCN(C(=O)C[C@H]3c4ccccc4C=CN3C(C)=O)CC2)cc1. The number of fused-ring (bicyclic) bond motifs is 1. The number of piperazine rings is 1. The second-order valence-corrected chi connectivity index (χ2v) is 7.66. The van der Waals surface area contributed by atoms with Crippen LogP contribution in [-0.4, -0.2) is 54.9 Å². The van der Waals surface area contributed by atoms with Crippen molar-refractivity contribution in [3.8, 4) is 5.75 Å². The molecule has 4 rings (SSSR count). The van der Waals surface area contributed by atoms with Crippen molar-refractivity contribution in [2.24, 2.45) is 0 Å². The fourth-order valence-corrected chi connectivity index (χ4v) is 4.21. The molecule has 2 aliphatic rings. The van der Waals surface area contributed by atoms with E-state index in [0.717, 1.165) is 35.7 Å². The van der Waals surface area contributed by atoms with E-state index in [1.165, 1.54) is 0 Å². The Labute approximate surface area is 177 Å². The molecule has 0 spiro atoms. The number of carbonyl (C=O) groups excluding carboxylic acids is 2. The van der Waals surface area contributed by atoms with Crippen LogP contribution in [0, 0.1) is 0 Å². The molecule has 0 aliphatic carbocycles. The Morgan fingerprint density at radius 2 is 1.70 bits per heavy atom. The van der Waals surface area contributed by atoms with Gasteiger partial charge in [-0.3, -0.25) is 9.59 Å². The van der Waals surface area contributed by atoms with Crippen LogP contribution >= 0.6 is 0 Å². The minimum atomic E-state index is -0.254. The minimum absolute atomic E-state index is 0.0529. The number of rotatable bonds is 4.